The van der Waals surface area contributed by atoms with E-state index in [1.54, 1.807) is 20.4 Å². The van der Waals surface area contributed by atoms with Crippen LogP contribution in [-0.2, 0) is 16.7 Å². The van der Waals surface area contributed by atoms with Crippen LogP contribution in [0.1, 0.15) is 29.7 Å². The van der Waals surface area contributed by atoms with Gasteiger partial charge in [0.2, 0.25) is 0 Å². The van der Waals surface area contributed by atoms with Crippen LogP contribution < -0.4 is 15.4 Å². The average molecular weight is 383 g/mol. The standard InChI is InChI=1S/C22H30N4O2/c1-17-7-8-20(27-3)19(14-17)22(9-12-28-13-10-22)16-26-21(23-2)25-15-18-6-4-5-11-24-18/h4-8,11,14H,9-10,12-13,15-16H2,1-3H3,(H2,23,25,26). The summed E-state index contributed by atoms with van der Waals surface area (Å²) in [5, 5.41) is 6.87. The second-order valence-corrected chi connectivity index (χ2v) is 7.20. The molecule has 2 heterocycles. The Bertz CT molecular complexity index is 786. The van der Waals surface area contributed by atoms with Gasteiger partial charge in [-0.05, 0) is 38.0 Å². The lowest BCUT2D eigenvalue weighted by Crippen LogP contribution is -2.48. The molecule has 6 heteroatoms. The van der Waals surface area contributed by atoms with Crippen LogP contribution in [0.25, 0.3) is 0 Å². The van der Waals surface area contributed by atoms with Crippen LogP contribution in [0, 0.1) is 6.92 Å². The molecule has 150 valence electrons. The number of methoxy groups -OCH3 is 1. The molecule has 2 N–H and O–H groups in total. The molecule has 6 nitrogen and oxygen atoms in total. The van der Waals surface area contributed by atoms with E-state index in [0.717, 1.165) is 50.0 Å². The predicted molar refractivity (Wildman–Crippen MR) is 112 cm³/mol. The zero-order chi connectivity index (χ0) is 19.8. The minimum absolute atomic E-state index is 0.0573. The molecule has 0 radical (unpaired) electrons. The molecule has 2 aromatic rings. The second-order valence-electron chi connectivity index (χ2n) is 7.20. The van der Waals surface area contributed by atoms with Crippen LogP contribution in [0.5, 0.6) is 5.75 Å². The van der Waals surface area contributed by atoms with Crippen LogP contribution in [0.2, 0.25) is 0 Å². The van der Waals surface area contributed by atoms with Crippen LogP contribution in [0.15, 0.2) is 47.6 Å². The number of nitrogens with zero attached hydrogens (tertiary/aromatic N) is 2. The summed E-state index contributed by atoms with van der Waals surface area (Å²) >= 11 is 0. The number of nitrogens with one attached hydrogen (secondary N) is 2. The Hall–Kier alpha value is -2.60. The quantitative estimate of drug-likeness (QED) is 0.594. The molecule has 0 saturated carbocycles. The topological polar surface area (TPSA) is 67.8 Å². The lowest BCUT2D eigenvalue weighted by Gasteiger charge is -2.39. The Balaban J connectivity index is 1.74. The molecule has 0 spiro atoms. The zero-order valence-corrected chi connectivity index (χ0v) is 17.0. The van der Waals surface area contributed by atoms with Crippen molar-refractivity contribution in [2.45, 2.75) is 31.7 Å². The number of hydrogen-bond acceptors (Lipinski definition) is 4. The van der Waals surface area contributed by atoms with Gasteiger partial charge in [0.05, 0.1) is 19.3 Å². The summed E-state index contributed by atoms with van der Waals surface area (Å²) in [6.45, 7) is 5.01. The van der Waals surface area contributed by atoms with E-state index in [-0.39, 0.29) is 5.41 Å². The van der Waals surface area contributed by atoms with Crippen molar-refractivity contribution < 1.29 is 9.47 Å². The maximum absolute atomic E-state index is 5.69. The van der Waals surface area contributed by atoms with Gasteiger partial charge in [-0.3, -0.25) is 9.98 Å². The fraction of sp³-hybridized carbons (Fsp3) is 0.455. The molecule has 0 amide bonds. The van der Waals surface area contributed by atoms with Gasteiger partial charge in [-0.1, -0.05) is 23.8 Å². The van der Waals surface area contributed by atoms with Gasteiger partial charge in [0.1, 0.15) is 5.75 Å². The molecule has 1 saturated heterocycles. The molecule has 1 aromatic carbocycles. The molecule has 0 aliphatic carbocycles. The first-order chi connectivity index (χ1) is 13.7. The van der Waals surface area contributed by atoms with E-state index >= 15 is 0 Å². The molecule has 3 rings (SSSR count). The van der Waals surface area contributed by atoms with Crippen LogP contribution in [-0.4, -0.2) is 44.9 Å². The van der Waals surface area contributed by atoms with Crippen molar-refractivity contribution in [2.24, 2.45) is 4.99 Å². The first-order valence-corrected chi connectivity index (χ1v) is 9.74. The lowest BCUT2D eigenvalue weighted by molar-refractivity contribution is 0.0505. The highest BCUT2D eigenvalue weighted by Gasteiger charge is 2.37. The molecule has 0 atom stereocenters. The average Bonchev–Trinajstić information content (AvgIpc) is 2.75. The fourth-order valence-electron chi connectivity index (χ4n) is 3.69. The minimum atomic E-state index is -0.0573. The van der Waals surface area contributed by atoms with Crippen molar-refractivity contribution in [1.29, 1.82) is 0 Å². The van der Waals surface area contributed by atoms with Crippen LogP contribution in [0.4, 0.5) is 0 Å². The third-order valence-corrected chi connectivity index (χ3v) is 5.36. The maximum Gasteiger partial charge on any atom is 0.191 e. The number of ether oxygens (including phenoxy) is 2. The fourth-order valence-corrected chi connectivity index (χ4v) is 3.69. The third-order valence-electron chi connectivity index (χ3n) is 5.36. The summed E-state index contributed by atoms with van der Waals surface area (Å²) in [6, 6.07) is 12.3. The van der Waals surface area contributed by atoms with Gasteiger partial charge in [0.15, 0.2) is 5.96 Å². The summed E-state index contributed by atoms with van der Waals surface area (Å²) in [7, 11) is 3.53. The van der Waals surface area contributed by atoms with E-state index in [0.29, 0.717) is 6.54 Å². The number of aliphatic imine (C=N–C) groups is 1. The highest BCUT2D eigenvalue weighted by atomic mass is 16.5. The van der Waals surface area contributed by atoms with Crippen molar-refractivity contribution in [3.8, 4) is 5.75 Å². The highest BCUT2D eigenvalue weighted by Crippen LogP contribution is 2.40. The van der Waals surface area contributed by atoms with E-state index in [4.69, 9.17) is 9.47 Å². The molecule has 28 heavy (non-hydrogen) atoms. The Morgan fingerprint density at radius 3 is 2.71 bits per heavy atom. The summed E-state index contributed by atoms with van der Waals surface area (Å²) in [5.41, 5.74) is 3.40. The van der Waals surface area contributed by atoms with Crippen molar-refractivity contribution in [3.05, 3.63) is 59.4 Å². The maximum atomic E-state index is 5.69. The number of aromatic nitrogens is 1. The molecule has 0 bridgehead atoms. The number of pyridine rings is 1. The van der Waals surface area contributed by atoms with Gasteiger partial charge < -0.3 is 20.1 Å². The van der Waals surface area contributed by atoms with Gasteiger partial charge in [0.25, 0.3) is 0 Å². The van der Waals surface area contributed by atoms with Gasteiger partial charge >= 0.3 is 0 Å². The lowest BCUT2D eigenvalue weighted by atomic mass is 9.73. The van der Waals surface area contributed by atoms with E-state index in [2.05, 4.69) is 45.7 Å². The number of benzene rings is 1. The predicted octanol–water partition coefficient (Wildman–Crippen LogP) is 2.81. The smallest absolute Gasteiger partial charge is 0.191 e. The first-order valence-electron chi connectivity index (χ1n) is 9.74. The number of hydrogen-bond donors (Lipinski definition) is 2. The number of aryl methyl sites for hydroxylation is 1. The zero-order valence-electron chi connectivity index (χ0n) is 17.0. The molecule has 1 fully saturated rings. The SMILES string of the molecule is CN=C(NCc1ccccn1)NCC1(c2cc(C)ccc2OC)CCOCC1. The van der Waals surface area contributed by atoms with Gasteiger partial charge in [-0.2, -0.15) is 0 Å². The van der Waals surface area contributed by atoms with E-state index in [1.165, 1.54) is 11.1 Å². The Morgan fingerprint density at radius 2 is 2.04 bits per heavy atom. The monoisotopic (exact) mass is 382 g/mol. The molecule has 1 aliphatic rings. The molecule has 1 aromatic heterocycles. The van der Waals surface area contributed by atoms with Crippen molar-refractivity contribution in [2.75, 3.05) is 33.9 Å². The molecule has 0 unspecified atom stereocenters. The van der Waals surface area contributed by atoms with Gasteiger partial charge in [0, 0.05) is 44.0 Å². The Morgan fingerprint density at radius 1 is 1.21 bits per heavy atom. The van der Waals surface area contributed by atoms with E-state index in [9.17, 15) is 0 Å². The molecular weight excluding hydrogens is 352 g/mol. The Labute approximate surface area is 167 Å². The largest absolute Gasteiger partial charge is 0.496 e. The van der Waals surface area contributed by atoms with E-state index in [1.807, 2.05) is 18.2 Å². The Kier molecular flexibility index (Phi) is 6.87. The van der Waals surface area contributed by atoms with Gasteiger partial charge in [-0.15, -0.1) is 0 Å². The summed E-state index contributed by atoms with van der Waals surface area (Å²) in [5.74, 6) is 1.70. The van der Waals surface area contributed by atoms with Crippen molar-refractivity contribution >= 4 is 5.96 Å². The number of rotatable bonds is 6. The van der Waals surface area contributed by atoms with Crippen molar-refractivity contribution in [3.63, 3.8) is 0 Å². The summed E-state index contributed by atoms with van der Waals surface area (Å²) in [4.78, 5) is 8.73. The first kappa shape index (κ1) is 20.1. The summed E-state index contributed by atoms with van der Waals surface area (Å²) in [6.07, 6.45) is 3.68. The van der Waals surface area contributed by atoms with E-state index < -0.39 is 0 Å². The molecule has 1 aliphatic heterocycles. The highest BCUT2D eigenvalue weighted by molar-refractivity contribution is 5.79. The van der Waals surface area contributed by atoms with Crippen LogP contribution >= 0.6 is 0 Å². The third kappa shape index (κ3) is 4.81. The second kappa shape index (κ2) is 9.55. The number of guanidine groups is 1. The van der Waals surface area contributed by atoms with Crippen molar-refractivity contribution in [1.82, 2.24) is 15.6 Å². The molecular formula is C22H30N4O2. The van der Waals surface area contributed by atoms with Gasteiger partial charge in [-0.25, -0.2) is 0 Å². The normalized spacial score (nSPS) is 16.5. The summed E-state index contributed by atoms with van der Waals surface area (Å²) < 4.78 is 11.4. The minimum Gasteiger partial charge on any atom is -0.496 e. The van der Waals surface area contributed by atoms with Crippen LogP contribution in [0.3, 0.4) is 0 Å².